The molecule has 0 N–H and O–H groups in total. The molecule has 13 rings (SSSR count). The first-order valence-electron chi connectivity index (χ1n) is 24.4. The van der Waals surface area contributed by atoms with Crippen molar-refractivity contribution in [1.82, 2.24) is 4.57 Å². The zero-order valence-electron chi connectivity index (χ0n) is 38.0. The molecule has 1 aliphatic carbocycles. The number of hydrogen-bond acceptors (Lipinski definition) is 1. The quantitative estimate of drug-likeness (QED) is 0.138. The molecular weight excluding hydrogens is 821 g/mol. The SMILES string of the molecule is c1ccc(-n2c3ccccc3c3cccc(-c4cccc(N(c5ccccc5-c5cccc6c5ccc5ccccc56)c5ccccc5-c5cccc6cccc(C7CCCCC7)c56)c4)c32)cc1. The van der Waals surface area contributed by atoms with Crippen LogP contribution in [-0.2, 0) is 0 Å². The van der Waals surface area contributed by atoms with Gasteiger partial charge in [-0.05, 0) is 116 Å². The van der Waals surface area contributed by atoms with Gasteiger partial charge in [-0.3, -0.25) is 0 Å². The van der Waals surface area contributed by atoms with Gasteiger partial charge in [0.1, 0.15) is 0 Å². The molecule has 0 unspecified atom stereocenters. The fourth-order valence-electron chi connectivity index (χ4n) is 11.7. The number of anilines is 3. The molecule has 12 aromatic rings. The van der Waals surface area contributed by atoms with Gasteiger partial charge in [-0.15, -0.1) is 0 Å². The van der Waals surface area contributed by atoms with E-state index < -0.39 is 0 Å². The van der Waals surface area contributed by atoms with E-state index in [0.717, 1.165) is 28.3 Å². The minimum absolute atomic E-state index is 0.561. The summed E-state index contributed by atoms with van der Waals surface area (Å²) < 4.78 is 2.45. The molecule has 1 fully saturated rings. The Morgan fingerprint density at radius 3 is 1.78 bits per heavy atom. The van der Waals surface area contributed by atoms with Crippen molar-refractivity contribution in [2.24, 2.45) is 0 Å². The topological polar surface area (TPSA) is 8.17 Å². The minimum Gasteiger partial charge on any atom is -0.309 e. The van der Waals surface area contributed by atoms with Crippen LogP contribution < -0.4 is 4.90 Å². The Bertz CT molecular complexity index is 3850. The first kappa shape index (κ1) is 40.1. The van der Waals surface area contributed by atoms with Gasteiger partial charge in [0.25, 0.3) is 0 Å². The second-order valence-corrected chi connectivity index (χ2v) is 18.6. The van der Waals surface area contributed by atoms with Gasteiger partial charge in [0.05, 0.1) is 22.4 Å². The number of aromatic nitrogens is 1. The van der Waals surface area contributed by atoms with Crippen LogP contribution in [0.1, 0.15) is 43.6 Å². The Kier molecular flexibility index (Phi) is 9.97. The number of rotatable bonds is 8. The molecular formula is C66H50N2. The summed E-state index contributed by atoms with van der Waals surface area (Å²) in [6.45, 7) is 0. The highest BCUT2D eigenvalue weighted by Crippen LogP contribution is 2.49. The third-order valence-corrected chi connectivity index (χ3v) is 14.8. The smallest absolute Gasteiger partial charge is 0.0619 e. The lowest BCUT2D eigenvalue weighted by Gasteiger charge is -2.31. The predicted molar refractivity (Wildman–Crippen MR) is 290 cm³/mol. The lowest BCUT2D eigenvalue weighted by Crippen LogP contribution is -2.13. The van der Waals surface area contributed by atoms with Crippen LogP contribution >= 0.6 is 0 Å². The van der Waals surface area contributed by atoms with Gasteiger partial charge in [0.15, 0.2) is 0 Å². The van der Waals surface area contributed by atoms with E-state index in [1.165, 1.54) is 120 Å². The second kappa shape index (κ2) is 16.9. The molecule has 11 aromatic carbocycles. The lowest BCUT2D eigenvalue weighted by molar-refractivity contribution is 0.445. The van der Waals surface area contributed by atoms with E-state index in [1.807, 2.05) is 0 Å². The van der Waals surface area contributed by atoms with Crippen molar-refractivity contribution >= 4 is 71.2 Å². The van der Waals surface area contributed by atoms with E-state index in [9.17, 15) is 0 Å². The fraction of sp³-hybridized carbons (Fsp3) is 0.0909. The summed E-state index contributed by atoms with van der Waals surface area (Å²) in [5, 5.41) is 10.2. The maximum atomic E-state index is 2.54. The average Bonchev–Trinajstić information content (AvgIpc) is 3.76. The summed E-state index contributed by atoms with van der Waals surface area (Å²) in [4.78, 5) is 2.54. The van der Waals surface area contributed by atoms with Gasteiger partial charge in [0, 0.05) is 38.8 Å². The minimum atomic E-state index is 0.561. The van der Waals surface area contributed by atoms with E-state index in [4.69, 9.17) is 0 Å². The number of hydrogen-bond donors (Lipinski definition) is 0. The molecule has 0 saturated heterocycles. The van der Waals surface area contributed by atoms with Crippen molar-refractivity contribution in [2.75, 3.05) is 4.90 Å². The molecule has 1 aliphatic rings. The Balaban J connectivity index is 1.08. The normalized spacial score (nSPS) is 13.2. The molecule has 2 heteroatoms. The summed E-state index contributed by atoms with van der Waals surface area (Å²) in [5.41, 5.74) is 15.7. The maximum absolute atomic E-state index is 2.54. The number of fused-ring (bicyclic) bond motifs is 7. The molecule has 2 nitrogen and oxygen atoms in total. The molecule has 324 valence electrons. The molecule has 0 radical (unpaired) electrons. The molecule has 0 amide bonds. The molecule has 0 aliphatic heterocycles. The van der Waals surface area contributed by atoms with Crippen molar-refractivity contribution in [2.45, 2.75) is 38.0 Å². The van der Waals surface area contributed by atoms with Crippen LogP contribution in [0, 0.1) is 0 Å². The maximum Gasteiger partial charge on any atom is 0.0619 e. The van der Waals surface area contributed by atoms with Crippen LogP contribution in [0.5, 0.6) is 0 Å². The highest BCUT2D eigenvalue weighted by molar-refractivity contribution is 6.15. The van der Waals surface area contributed by atoms with Crippen LogP contribution in [-0.4, -0.2) is 4.57 Å². The van der Waals surface area contributed by atoms with Gasteiger partial charge in [-0.2, -0.15) is 0 Å². The summed E-state index contributed by atoms with van der Waals surface area (Å²) >= 11 is 0. The van der Waals surface area contributed by atoms with Gasteiger partial charge >= 0.3 is 0 Å². The van der Waals surface area contributed by atoms with Crippen molar-refractivity contribution < 1.29 is 0 Å². The number of benzene rings is 11. The van der Waals surface area contributed by atoms with Gasteiger partial charge in [0.2, 0.25) is 0 Å². The largest absolute Gasteiger partial charge is 0.309 e. The van der Waals surface area contributed by atoms with E-state index in [-0.39, 0.29) is 0 Å². The van der Waals surface area contributed by atoms with Gasteiger partial charge in [-0.1, -0.05) is 213 Å². The second-order valence-electron chi connectivity index (χ2n) is 18.6. The van der Waals surface area contributed by atoms with E-state index in [2.05, 4.69) is 246 Å². The van der Waals surface area contributed by atoms with Gasteiger partial charge < -0.3 is 9.47 Å². The Labute approximate surface area is 398 Å². The molecule has 0 spiro atoms. The third-order valence-electron chi connectivity index (χ3n) is 14.8. The average molecular weight is 871 g/mol. The standard InChI is InChI=1S/C66H50N2/c1-3-20-45(21-4-1)52-33-16-23-47-24-17-37-60(65(47)52)58-31-10-13-40-63(58)67(62-39-12-9-30-57(62)55-36-19-35-54-51-29-8-7-22-46(51)42-43-56(54)55)50-28-15-25-48(44-50)53-34-18-38-61-59-32-11-14-41-64(59)68(66(53)61)49-26-5-2-6-27-49/h2,5-19,22-45H,1,3-4,20-21H2. The first-order valence-corrected chi connectivity index (χ1v) is 24.4. The van der Waals surface area contributed by atoms with Crippen molar-refractivity contribution in [3.05, 3.63) is 242 Å². The highest BCUT2D eigenvalue weighted by atomic mass is 15.1. The summed E-state index contributed by atoms with van der Waals surface area (Å²) in [7, 11) is 0. The van der Waals surface area contributed by atoms with Crippen LogP contribution in [0.25, 0.3) is 93.2 Å². The predicted octanol–water partition coefficient (Wildman–Crippen LogP) is 18.8. The molecule has 0 atom stereocenters. The third kappa shape index (κ3) is 6.70. The highest BCUT2D eigenvalue weighted by Gasteiger charge is 2.25. The summed E-state index contributed by atoms with van der Waals surface area (Å²) in [5.74, 6) is 0.561. The van der Waals surface area contributed by atoms with Crippen molar-refractivity contribution in [1.29, 1.82) is 0 Å². The molecule has 68 heavy (non-hydrogen) atoms. The monoisotopic (exact) mass is 870 g/mol. The number of nitrogens with zero attached hydrogens (tertiary/aromatic N) is 2. The lowest BCUT2D eigenvalue weighted by atomic mass is 9.80. The summed E-state index contributed by atoms with van der Waals surface area (Å²) in [6.07, 6.45) is 6.42. The van der Waals surface area contributed by atoms with Crippen LogP contribution in [0.4, 0.5) is 17.1 Å². The number of para-hydroxylation sites is 5. The van der Waals surface area contributed by atoms with Crippen LogP contribution in [0.15, 0.2) is 237 Å². The zero-order chi connectivity index (χ0) is 45.0. The van der Waals surface area contributed by atoms with Crippen molar-refractivity contribution in [3.8, 4) is 39.1 Å². The van der Waals surface area contributed by atoms with Crippen LogP contribution in [0.3, 0.4) is 0 Å². The Hall–Kier alpha value is -8.20. The van der Waals surface area contributed by atoms with Gasteiger partial charge in [-0.25, -0.2) is 0 Å². The summed E-state index contributed by atoms with van der Waals surface area (Å²) in [6, 6.07) is 88.0. The van der Waals surface area contributed by atoms with E-state index in [0.29, 0.717) is 5.92 Å². The van der Waals surface area contributed by atoms with Crippen molar-refractivity contribution in [3.63, 3.8) is 0 Å². The Morgan fingerprint density at radius 2 is 0.956 bits per heavy atom. The Morgan fingerprint density at radius 1 is 0.368 bits per heavy atom. The molecule has 1 aromatic heterocycles. The van der Waals surface area contributed by atoms with E-state index >= 15 is 0 Å². The van der Waals surface area contributed by atoms with Crippen LogP contribution in [0.2, 0.25) is 0 Å². The molecule has 1 saturated carbocycles. The molecule has 0 bridgehead atoms. The zero-order valence-corrected chi connectivity index (χ0v) is 38.0. The fourth-order valence-corrected chi connectivity index (χ4v) is 11.7. The van der Waals surface area contributed by atoms with E-state index in [1.54, 1.807) is 0 Å². The first-order chi connectivity index (χ1) is 33.8. The molecule has 1 heterocycles.